The van der Waals surface area contributed by atoms with Crippen molar-refractivity contribution in [3.8, 4) is 5.75 Å². The number of alkyl halides is 1. The summed E-state index contributed by atoms with van der Waals surface area (Å²) in [4.78, 5) is 31.7. The third-order valence-corrected chi connectivity index (χ3v) is 6.40. The first kappa shape index (κ1) is 19.3. The third kappa shape index (κ3) is 2.89. The number of aliphatic imine (C=N–C) groups is 1. The Morgan fingerprint density at radius 1 is 0.871 bits per heavy atom. The van der Waals surface area contributed by atoms with Crippen LogP contribution in [-0.4, -0.2) is 16.8 Å². The molecule has 0 radical (unpaired) electrons. The number of amides is 2. The largest absolute Gasteiger partial charge is 0.506 e. The average molecular weight is 475 g/mol. The summed E-state index contributed by atoms with van der Waals surface area (Å²) in [6, 6.07) is 24.2. The standard InChI is InChI=1S/C24H15BrN2O4/c25-24(15-9-3-1-4-10-15)21(26-23(30)27(24)16-11-5-2-6-12-16)19-20(28)17-13-7-8-14-18(17)31-22(19)29/h1-14,28H. The summed E-state index contributed by atoms with van der Waals surface area (Å²) >= 11 is 3.72. The maximum absolute atomic E-state index is 13.1. The van der Waals surface area contributed by atoms with Gasteiger partial charge in [0.05, 0.1) is 5.39 Å². The van der Waals surface area contributed by atoms with Crippen LogP contribution in [0.2, 0.25) is 0 Å². The van der Waals surface area contributed by atoms with Crippen LogP contribution in [0.25, 0.3) is 11.0 Å². The van der Waals surface area contributed by atoms with Gasteiger partial charge in [-0.3, -0.25) is 4.90 Å². The minimum absolute atomic E-state index is 0.0598. The van der Waals surface area contributed by atoms with Crippen LogP contribution in [0.15, 0.2) is 99.1 Å². The Kier molecular flexibility index (Phi) is 4.48. The Morgan fingerprint density at radius 3 is 2.19 bits per heavy atom. The Labute approximate surface area is 185 Å². The number of urea groups is 1. The topological polar surface area (TPSA) is 83.1 Å². The zero-order chi connectivity index (χ0) is 21.6. The molecule has 0 bridgehead atoms. The van der Waals surface area contributed by atoms with Crippen molar-refractivity contribution in [1.82, 2.24) is 0 Å². The molecule has 0 saturated heterocycles. The second-order valence-corrected chi connectivity index (χ2v) is 8.16. The van der Waals surface area contributed by atoms with Gasteiger partial charge in [0.25, 0.3) is 0 Å². The normalized spacial score (nSPS) is 18.4. The smallest absolute Gasteiger partial charge is 0.350 e. The maximum Gasteiger partial charge on any atom is 0.350 e. The number of halogens is 1. The molecule has 1 aliphatic rings. The van der Waals surface area contributed by atoms with Crippen LogP contribution in [-0.2, 0) is 4.45 Å². The Hall–Kier alpha value is -3.71. The third-order valence-electron chi connectivity index (χ3n) is 5.21. The number of aromatic hydroxyl groups is 1. The minimum atomic E-state index is -1.33. The summed E-state index contributed by atoms with van der Waals surface area (Å²) in [5.74, 6) is -0.284. The van der Waals surface area contributed by atoms with Crippen molar-refractivity contribution in [2.24, 2.45) is 4.99 Å². The van der Waals surface area contributed by atoms with Gasteiger partial charge in [-0.2, -0.15) is 4.99 Å². The minimum Gasteiger partial charge on any atom is -0.506 e. The summed E-state index contributed by atoms with van der Waals surface area (Å²) in [5, 5.41) is 11.4. The number of benzene rings is 3. The lowest BCUT2D eigenvalue weighted by atomic mass is 9.95. The number of hydrogen-bond donors (Lipinski definition) is 1. The number of nitrogens with zero attached hydrogens (tertiary/aromatic N) is 2. The van der Waals surface area contributed by atoms with Crippen LogP contribution in [0, 0.1) is 0 Å². The lowest BCUT2D eigenvalue weighted by Crippen LogP contribution is -2.45. The van der Waals surface area contributed by atoms with Gasteiger partial charge in [0, 0.05) is 5.69 Å². The quantitative estimate of drug-likeness (QED) is 0.252. The predicted molar refractivity (Wildman–Crippen MR) is 122 cm³/mol. The predicted octanol–water partition coefficient (Wildman–Crippen LogP) is 5.18. The fraction of sp³-hybridized carbons (Fsp3) is 0.0417. The Balaban J connectivity index is 1.81. The summed E-state index contributed by atoms with van der Waals surface area (Å²) in [6.45, 7) is 0. The number of anilines is 1. The number of fused-ring (bicyclic) bond motifs is 1. The van der Waals surface area contributed by atoms with Crippen molar-refractivity contribution in [1.29, 1.82) is 0 Å². The highest BCUT2D eigenvalue weighted by Crippen LogP contribution is 2.47. The lowest BCUT2D eigenvalue weighted by Gasteiger charge is -2.34. The fourth-order valence-corrected chi connectivity index (χ4v) is 4.72. The second-order valence-electron chi connectivity index (χ2n) is 7.01. The number of hydrogen-bond acceptors (Lipinski definition) is 4. The number of carbonyl (C=O) groups excluding carboxylic acids is 1. The molecule has 1 aliphatic heterocycles. The molecule has 4 aromatic rings. The molecule has 152 valence electrons. The zero-order valence-electron chi connectivity index (χ0n) is 16.0. The molecule has 3 aromatic carbocycles. The van der Waals surface area contributed by atoms with E-state index in [0.717, 1.165) is 0 Å². The van der Waals surface area contributed by atoms with E-state index in [1.54, 1.807) is 48.5 Å². The molecule has 1 N–H and O–H groups in total. The molecule has 1 atom stereocenters. The van der Waals surface area contributed by atoms with E-state index in [1.807, 2.05) is 36.4 Å². The number of rotatable bonds is 3. The van der Waals surface area contributed by atoms with E-state index in [1.165, 1.54) is 4.90 Å². The van der Waals surface area contributed by atoms with Crippen molar-refractivity contribution in [3.05, 3.63) is 106 Å². The highest BCUT2D eigenvalue weighted by Gasteiger charge is 2.52. The van der Waals surface area contributed by atoms with Gasteiger partial charge < -0.3 is 9.52 Å². The van der Waals surface area contributed by atoms with E-state index in [2.05, 4.69) is 20.9 Å². The van der Waals surface area contributed by atoms with Crippen molar-refractivity contribution in [3.63, 3.8) is 0 Å². The number of carbonyl (C=O) groups is 1. The van der Waals surface area contributed by atoms with E-state index in [0.29, 0.717) is 16.6 Å². The molecule has 2 amide bonds. The van der Waals surface area contributed by atoms with Crippen LogP contribution >= 0.6 is 15.9 Å². The van der Waals surface area contributed by atoms with Gasteiger partial charge in [0.2, 0.25) is 0 Å². The van der Waals surface area contributed by atoms with Crippen LogP contribution < -0.4 is 10.5 Å². The maximum atomic E-state index is 13.1. The van der Waals surface area contributed by atoms with E-state index in [4.69, 9.17) is 4.42 Å². The van der Waals surface area contributed by atoms with Gasteiger partial charge in [0.1, 0.15) is 22.6 Å². The second kappa shape index (κ2) is 7.21. The molecule has 7 heteroatoms. The molecule has 1 aromatic heterocycles. The monoisotopic (exact) mass is 474 g/mol. The van der Waals surface area contributed by atoms with Crippen LogP contribution in [0.4, 0.5) is 10.5 Å². The molecule has 5 rings (SSSR count). The molecule has 0 saturated carbocycles. The molecule has 0 spiro atoms. The van der Waals surface area contributed by atoms with Crippen molar-refractivity contribution in [2.45, 2.75) is 4.45 Å². The van der Waals surface area contributed by atoms with Crippen molar-refractivity contribution in [2.75, 3.05) is 4.90 Å². The van der Waals surface area contributed by atoms with E-state index in [-0.39, 0.29) is 22.6 Å². The summed E-state index contributed by atoms with van der Waals surface area (Å²) < 4.78 is 4.11. The molecule has 31 heavy (non-hydrogen) atoms. The van der Waals surface area contributed by atoms with Crippen LogP contribution in [0.5, 0.6) is 5.75 Å². The molecular weight excluding hydrogens is 460 g/mol. The Bertz CT molecular complexity index is 1400. The fourth-order valence-electron chi connectivity index (χ4n) is 3.81. The molecule has 0 fully saturated rings. The summed E-state index contributed by atoms with van der Waals surface area (Å²) in [5.41, 5.74) is 0.610. The first-order valence-corrected chi connectivity index (χ1v) is 10.3. The molecule has 0 aliphatic carbocycles. The summed E-state index contributed by atoms with van der Waals surface area (Å²) in [7, 11) is 0. The zero-order valence-corrected chi connectivity index (χ0v) is 17.6. The highest BCUT2D eigenvalue weighted by atomic mass is 79.9. The molecule has 6 nitrogen and oxygen atoms in total. The average Bonchev–Trinajstić information content (AvgIpc) is 3.06. The molecule has 1 unspecified atom stereocenters. The van der Waals surface area contributed by atoms with Crippen molar-refractivity contribution >= 4 is 44.3 Å². The van der Waals surface area contributed by atoms with Gasteiger partial charge in [0.15, 0.2) is 4.45 Å². The van der Waals surface area contributed by atoms with Crippen LogP contribution in [0.3, 0.4) is 0 Å². The first-order valence-electron chi connectivity index (χ1n) is 9.50. The van der Waals surface area contributed by atoms with Crippen LogP contribution in [0.1, 0.15) is 11.1 Å². The van der Waals surface area contributed by atoms with Gasteiger partial charge in [-0.1, -0.05) is 60.7 Å². The first-order chi connectivity index (χ1) is 15.0. The molecular formula is C24H15BrN2O4. The number of para-hydroxylation sites is 2. The van der Waals surface area contributed by atoms with Crippen molar-refractivity contribution < 1.29 is 14.3 Å². The van der Waals surface area contributed by atoms with Gasteiger partial charge in [-0.15, -0.1) is 0 Å². The summed E-state index contributed by atoms with van der Waals surface area (Å²) in [6.07, 6.45) is 0. The Morgan fingerprint density at radius 2 is 1.48 bits per heavy atom. The van der Waals surface area contributed by atoms with E-state index >= 15 is 0 Å². The van der Waals surface area contributed by atoms with Gasteiger partial charge in [-0.25, -0.2) is 9.59 Å². The highest BCUT2D eigenvalue weighted by molar-refractivity contribution is 9.10. The lowest BCUT2D eigenvalue weighted by molar-refractivity contribution is 0.255. The van der Waals surface area contributed by atoms with Gasteiger partial charge in [-0.05, 0) is 45.8 Å². The van der Waals surface area contributed by atoms with E-state index in [9.17, 15) is 14.7 Å². The van der Waals surface area contributed by atoms with Gasteiger partial charge >= 0.3 is 11.7 Å². The molecule has 2 heterocycles. The SMILES string of the molecule is O=C1N=C(c2c(O)c3ccccc3oc2=O)C(Br)(c2ccccc2)N1c1ccccc1. The van der Waals surface area contributed by atoms with E-state index < -0.39 is 16.1 Å².